The molecule has 1 aromatic carbocycles. The molecule has 0 amide bonds. The van der Waals surface area contributed by atoms with Crippen LogP contribution < -0.4 is 5.32 Å². The molecule has 2 unspecified atom stereocenters. The van der Waals surface area contributed by atoms with Gasteiger partial charge in [0, 0.05) is 18.6 Å². The highest BCUT2D eigenvalue weighted by Crippen LogP contribution is 2.26. The van der Waals surface area contributed by atoms with Crippen LogP contribution in [-0.2, 0) is 6.54 Å². The number of benzene rings is 1. The predicted octanol–water partition coefficient (Wildman–Crippen LogP) is 2.11. The zero-order valence-corrected chi connectivity index (χ0v) is 10.8. The fraction of sp³-hybridized carbons (Fsp3) is 0.600. The fourth-order valence-electron chi connectivity index (χ4n) is 3.43. The molecule has 0 saturated carbocycles. The van der Waals surface area contributed by atoms with Gasteiger partial charge in [0.25, 0.3) is 0 Å². The first kappa shape index (κ1) is 12.0. The third-order valence-electron chi connectivity index (χ3n) is 4.27. The summed E-state index contributed by atoms with van der Waals surface area (Å²) in [5.41, 5.74) is 1.22. The second-order valence-corrected chi connectivity index (χ2v) is 5.55. The minimum Gasteiger partial charge on any atom is -0.508 e. The average Bonchev–Trinajstić information content (AvgIpc) is 2.98. The van der Waals surface area contributed by atoms with Crippen LogP contribution in [0.1, 0.15) is 31.2 Å². The highest BCUT2D eigenvalue weighted by Gasteiger charge is 2.32. The molecule has 1 aromatic rings. The number of hydrogen-bond acceptors (Lipinski definition) is 3. The van der Waals surface area contributed by atoms with Gasteiger partial charge in [0.1, 0.15) is 5.75 Å². The second kappa shape index (κ2) is 5.29. The van der Waals surface area contributed by atoms with E-state index in [1.165, 1.54) is 44.3 Å². The van der Waals surface area contributed by atoms with Crippen LogP contribution in [0.15, 0.2) is 24.3 Å². The lowest BCUT2D eigenvalue weighted by atomic mass is 10.0. The van der Waals surface area contributed by atoms with E-state index in [1.54, 1.807) is 6.07 Å². The molecule has 0 bridgehead atoms. The van der Waals surface area contributed by atoms with Crippen LogP contribution in [0, 0.1) is 0 Å². The van der Waals surface area contributed by atoms with Crippen molar-refractivity contribution >= 4 is 0 Å². The van der Waals surface area contributed by atoms with E-state index in [-0.39, 0.29) is 0 Å². The van der Waals surface area contributed by atoms with Gasteiger partial charge >= 0.3 is 0 Å². The summed E-state index contributed by atoms with van der Waals surface area (Å²) < 4.78 is 0. The Morgan fingerprint density at radius 1 is 1.28 bits per heavy atom. The van der Waals surface area contributed by atoms with Gasteiger partial charge in [-0.1, -0.05) is 12.1 Å². The van der Waals surface area contributed by atoms with Crippen molar-refractivity contribution < 1.29 is 5.11 Å². The van der Waals surface area contributed by atoms with Gasteiger partial charge in [-0.15, -0.1) is 0 Å². The monoisotopic (exact) mass is 246 g/mol. The second-order valence-electron chi connectivity index (χ2n) is 5.55. The lowest BCUT2D eigenvalue weighted by Crippen LogP contribution is -2.43. The van der Waals surface area contributed by atoms with Gasteiger partial charge < -0.3 is 10.4 Å². The SMILES string of the molecule is Oc1cccc(CN2CCCC2C2CCCN2)c1. The van der Waals surface area contributed by atoms with Crippen LogP contribution in [-0.4, -0.2) is 35.2 Å². The first-order valence-electron chi connectivity index (χ1n) is 7.08. The smallest absolute Gasteiger partial charge is 0.115 e. The molecule has 3 nitrogen and oxygen atoms in total. The molecule has 98 valence electrons. The third-order valence-corrected chi connectivity index (χ3v) is 4.27. The first-order valence-corrected chi connectivity index (χ1v) is 7.08. The Balaban J connectivity index is 1.67. The molecule has 3 rings (SSSR count). The number of aromatic hydroxyl groups is 1. The number of likely N-dealkylation sites (tertiary alicyclic amines) is 1. The van der Waals surface area contributed by atoms with E-state index in [4.69, 9.17) is 0 Å². The van der Waals surface area contributed by atoms with Crippen molar-refractivity contribution in [1.82, 2.24) is 10.2 Å². The summed E-state index contributed by atoms with van der Waals surface area (Å²) >= 11 is 0. The third kappa shape index (κ3) is 2.52. The molecule has 0 aromatic heterocycles. The summed E-state index contributed by atoms with van der Waals surface area (Å²) in [4.78, 5) is 2.58. The molecule has 0 aliphatic carbocycles. The molecular formula is C15H22N2O. The van der Waals surface area contributed by atoms with Crippen molar-refractivity contribution in [3.05, 3.63) is 29.8 Å². The molecule has 0 radical (unpaired) electrons. The van der Waals surface area contributed by atoms with E-state index in [9.17, 15) is 5.11 Å². The Kier molecular flexibility index (Phi) is 3.52. The Morgan fingerprint density at radius 2 is 2.22 bits per heavy atom. The highest BCUT2D eigenvalue weighted by atomic mass is 16.3. The molecule has 2 atom stereocenters. The predicted molar refractivity (Wildman–Crippen MR) is 72.6 cm³/mol. The van der Waals surface area contributed by atoms with E-state index in [2.05, 4.69) is 16.3 Å². The van der Waals surface area contributed by atoms with Crippen LogP contribution in [0.3, 0.4) is 0 Å². The molecule has 2 saturated heterocycles. The van der Waals surface area contributed by atoms with E-state index in [0.29, 0.717) is 17.8 Å². The number of phenols is 1. The van der Waals surface area contributed by atoms with Gasteiger partial charge in [-0.25, -0.2) is 0 Å². The number of hydrogen-bond donors (Lipinski definition) is 2. The standard InChI is InChI=1S/C15H22N2O/c18-13-5-1-4-12(10-13)11-17-9-3-7-15(17)14-6-2-8-16-14/h1,4-5,10,14-16,18H,2-3,6-9,11H2. The van der Waals surface area contributed by atoms with Gasteiger partial charge in [-0.3, -0.25) is 4.90 Å². The van der Waals surface area contributed by atoms with E-state index in [0.717, 1.165) is 6.54 Å². The van der Waals surface area contributed by atoms with E-state index < -0.39 is 0 Å². The van der Waals surface area contributed by atoms with Crippen molar-refractivity contribution in [2.24, 2.45) is 0 Å². The highest BCUT2D eigenvalue weighted by molar-refractivity contribution is 5.27. The van der Waals surface area contributed by atoms with E-state index >= 15 is 0 Å². The molecule has 2 fully saturated rings. The first-order chi connectivity index (χ1) is 8.83. The van der Waals surface area contributed by atoms with Crippen LogP contribution in [0.5, 0.6) is 5.75 Å². The Labute approximate surface area is 109 Å². The quantitative estimate of drug-likeness (QED) is 0.857. The molecule has 2 aliphatic heterocycles. The molecule has 2 aliphatic rings. The fourth-order valence-corrected chi connectivity index (χ4v) is 3.43. The lowest BCUT2D eigenvalue weighted by molar-refractivity contribution is 0.206. The number of rotatable bonds is 3. The Hall–Kier alpha value is -1.06. The van der Waals surface area contributed by atoms with Crippen LogP contribution in [0.25, 0.3) is 0 Å². The van der Waals surface area contributed by atoms with Crippen molar-refractivity contribution in [2.75, 3.05) is 13.1 Å². The maximum atomic E-state index is 9.53. The number of nitrogens with zero attached hydrogens (tertiary/aromatic N) is 1. The number of nitrogens with one attached hydrogen (secondary N) is 1. The summed E-state index contributed by atoms with van der Waals surface area (Å²) in [6, 6.07) is 9.04. The lowest BCUT2D eigenvalue weighted by Gasteiger charge is -2.29. The zero-order chi connectivity index (χ0) is 12.4. The molecule has 0 spiro atoms. The molecule has 2 N–H and O–H groups in total. The molecule has 18 heavy (non-hydrogen) atoms. The van der Waals surface area contributed by atoms with Gasteiger partial charge in [-0.05, 0) is 56.5 Å². The summed E-state index contributed by atoms with van der Waals surface area (Å²) in [6.45, 7) is 3.34. The Bertz CT molecular complexity index is 401. The summed E-state index contributed by atoms with van der Waals surface area (Å²) in [7, 11) is 0. The molecule has 2 heterocycles. The van der Waals surface area contributed by atoms with Gasteiger partial charge in [0.05, 0.1) is 0 Å². The van der Waals surface area contributed by atoms with Gasteiger partial charge in [0.2, 0.25) is 0 Å². The summed E-state index contributed by atoms with van der Waals surface area (Å²) in [5.74, 6) is 0.377. The topological polar surface area (TPSA) is 35.5 Å². The van der Waals surface area contributed by atoms with Crippen LogP contribution in [0.4, 0.5) is 0 Å². The largest absolute Gasteiger partial charge is 0.508 e. The van der Waals surface area contributed by atoms with Crippen LogP contribution >= 0.6 is 0 Å². The minimum absolute atomic E-state index is 0.377. The summed E-state index contributed by atoms with van der Waals surface area (Å²) in [5, 5.41) is 13.2. The van der Waals surface area contributed by atoms with E-state index in [1.807, 2.05) is 12.1 Å². The van der Waals surface area contributed by atoms with Gasteiger partial charge in [-0.2, -0.15) is 0 Å². The number of phenolic OH excluding ortho intramolecular Hbond substituents is 1. The molecule has 3 heteroatoms. The zero-order valence-electron chi connectivity index (χ0n) is 10.8. The van der Waals surface area contributed by atoms with Crippen molar-refractivity contribution in [3.63, 3.8) is 0 Å². The Morgan fingerprint density at radius 3 is 3.00 bits per heavy atom. The molecular weight excluding hydrogens is 224 g/mol. The van der Waals surface area contributed by atoms with Gasteiger partial charge in [0.15, 0.2) is 0 Å². The van der Waals surface area contributed by atoms with Crippen molar-refractivity contribution in [2.45, 2.75) is 44.3 Å². The minimum atomic E-state index is 0.377. The van der Waals surface area contributed by atoms with Crippen LogP contribution in [0.2, 0.25) is 0 Å². The average molecular weight is 246 g/mol. The maximum Gasteiger partial charge on any atom is 0.115 e. The maximum absolute atomic E-state index is 9.53. The normalized spacial score (nSPS) is 28.9. The van der Waals surface area contributed by atoms with Crippen molar-refractivity contribution in [1.29, 1.82) is 0 Å². The van der Waals surface area contributed by atoms with Crippen molar-refractivity contribution in [3.8, 4) is 5.75 Å². The summed E-state index contributed by atoms with van der Waals surface area (Å²) in [6.07, 6.45) is 5.26.